The summed E-state index contributed by atoms with van der Waals surface area (Å²) in [7, 11) is 0. The molecule has 0 radical (unpaired) electrons. The number of nitro benzene ring substituents is 1. The van der Waals surface area contributed by atoms with E-state index in [-0.39, 0.29) is 23.7 Å². The van der Waals surface area contributed by atoms with Crippen molar-refractivity contribution >= 4 is 11.6 Å². The topological polar surface area (TPSA) is 107 Å². The highest BCUT2D eigenvalue weighted by atomic mass is 16.6. The van der Waals surface area contributed by atoms with Crippen molar-refractivity contribution in [3.8, 4) is 6.01 Å². The van der Waals surface area contributed by atoms with Crippen molar-refractivity contribution in [2.24, 2.45) is 0 Å². The van der Waals surface area contributed by atoms with E-state index in [4.69, 9.17) is 4.74 Å². The Morgan fingerprint density at radius 2 is 1.76 bits per heavy atom. The molecule has 0 spiro atoms. The zero-order valence-corrected chi connectivity index (χ0v) is 13.5. The van der Waals surface area contributed by atoms with Crippen molar-refractivity contribution in [1.29, 1.82) is 0 Å². The molecule has 0 unspecified atom stereocenters. The van der Waals surface area contributed by atoms with Crippen LogP contribution in [-0.2, 0) is 0 Å². The van der Waals surface area contributed by atoms with E-state index < -0.39 is 4.92 Å². The largest absolute Gasteiger partial charge is 0.460 e. The molecule has 1 fully saturated rings. The number of nitrogens with one attached hydrogen (secondary N) is 1. The van der Waals surface area contributed by atoms with Crippen molar-refractivity contribution in [2.45, 2.75) is 37.8 Å². The summed E-state index contributed by atoms with van der Waals surface area (Å²) in [6, 6.07) is 7.78. The molecule has 1 aromatic heterocycles. The Kier molecular flexibility index (Phi) is 5.17. The average Bonchev–Trinajstić information content (AvgIpc) is 2.64. The van der Waals surface area contributed by atoms with Crippen LogP contribution in [0.15, 0.2) is 42.7 Å². The normalized spacial score (nSPS) is 19.8. The van der Waals surface area contributed by atoms with Crippen LogP contribution in [-0.4, -0.2) is 32.9 Å². The molecule has 1 saturated carbocycles. The lowest BCUT2D eigenvalue weighted by Gasteiger charge is -2.28. The fourth-order valence-corrected chi connectivity index (χ4v) is 2.82. The fourth-order valence-electron chi connectivity index (χ4n) is 2.82. The summed E-state index contributed by atoms with van der Waals surface area (Å²) in [5.74, 6) is -0.217. The molecule has 1 heterocycles. The number of hydrogen-bond acceptors (Lipinski definition) is 6. The van der Waals surface area contributed by atoms with Gasteiger partial charge in [-0.2, -0.15) is 0 Å². The lowest BCUT2D eigenvalue weighted by Crippen LogP contribution is -2.39. The van der Waals surface area contributed by atoms with Crippen molar-refractivity contribution in [2.75, 3.05) is 0 Å². The molecule has 1 aliphatic carbocycles. The van der Waals surface area contributed by atoms with Crippen LogP contribution in [0.3, 0.4) is 0 Å². The number of carbonyl (C=O) groups excluding carboxylic acids is 1. The minimum atomic E-state index is -0.487. The third-order valence-electron chi connectivity index (χ3n) is 4.16. The minimum Gasteiger partial charge on any atom is -0.460 e. The zero-order valence-electron chi connectivity index (χ0n) is 13.5. The Labute approximate surface area is 144 Å². The predicted octanol–water partition coefficient (Wildman–Crippen LogP) is 2.50. The first-order chi connectivity index (χ1) is 12.1. The predicted molar refractivity (Wildman–Crippen MR) is 89.3 cm³/mol. The van der Waals surface area contributed by atoms with Gasteiger partial charge in [-0.15, -0.1) is 0 Å². The highest BCUT2D eigenvalue weighted by molar-refractivity contribution is 5.94. The summed E-state index contributed by atoms with van der Waals surface area (Å²) in [6.07, 6.45) is 6.55. The molecule has 3 rings (SSSR count). The van der Waals surface area contributed by atoms with E-state index >= 15 is 0 Å². The van der Waals surface area contributed by atoms with E-state index in [2.05, 4.69) is 15.3 Å². The third-order valence-corrected chi connectivity index (χ3v) is 4.16. The van der Waals surface area contributed by atoms with Gasteiger partial charge in [0.25, 0.3) is 11.6 Å². The van der Waals surface area contributed by atoms with Gasteiger partial charge in [-0.3, -0.25) is 14.9 Å². The van der Waals surface area contributed by atoms with Crippen LogP contribution in [0.4, 0.5) is 5.69 Å². The van der Waals surface area contributed by atoms with E-state index in [9.17, 15) is 14.9 Å². The Morgan fingerprint density at radius 3 is 2.36 bits per heavy atom. The van der Waals surface area contributed by atoms with Gasteiger partial charge in [-0.05, 0) is 43.9 Å². The highest BCUT2D eigenvalue weighted by Gasteiger charge is 2.24. The van der Waals surface area contributed by atoms with Gasteiger partial charge in [-0.25, -0.2) is 9.97 Å². The maximum atomic E-state index is 12.2. The molecule has 130 valence electrons. The fraction of sp³-hybridized carbons (Fsp3) is 0.353. The first kappa shape index (κ1) is 16.8. The molecular weight excluding hydrogens is 324 g/mol. The molecule has 0 aliphatic heterocycles. The van der Waals surface area contributed by atoms with E-state index in [0.717, 1.165) is 25.7 Å². The summed E-state index contributed by atoms with van der Waals surface area (Å²) in [5, 5.41) is 13.6. The summed E-state index contributed by atoms with van der Waals surface area (Å²) in [6.45, 7) is 0. The number of ether oxygens (including phenoxy) is 1. The first-order valence-electron chi connectivity index (χ1n) is 8.11. The Morgan fingerprint density at radius 1 is 1.12 bits per heavy atom. The number of nitrogens with zero attached hydrogens (tertiary/aromatic N) is 3. The van der Waals surface area contributed by atoms with Crippen molar-refractivity contribution in [1.82, 2.24) is 15.3 Å². The monoisotopic (exact) mass is 342 g/mol. The average molecular weight is 342 g/mol. The lowest BCUT2D eigenvalue weighted by molar-refractivity contribution is -0.384. The van der Waals surface area contributed by atoms with Crippen LogP contribution in [0.25, 0.3) is 0 Å². The third kappa shape index (κ3) is 4.50. The maximum absolute atomic E-state index is 12.2. The summed E-state index contributed by atoms with van der Waals surface area (Å²) >= 11 is 0. The van der Waals surface area contributed by atoms with Gasteiger partial charge in [0, 0.05) is 36.1 Å². The molecule has 1 N–H and O–H groups in total. The number of non-ortho nitro benzene ring substituents is 1. The molecule has 8 nitrogen and oxygen atoms in total. The van der Waals surface area contributed by atoms with E-state index in [0.29, 0.717) is 11.6 Å². The van der Waals surface area contributed by atoms with Crippen molar-refractivity contribution in [3.05, 3.63) is 58.4 Å². The number of nitro groups is 1. The molecule has 0 saturated heterocycles. The first-order valence-corrected chi connectivity index (χ1v) is 8.11. The van der Waals surface area contributed by atoms with Gasteiger partial charge < -0.3 is 10.1 Å². The summed E-state index contributed by atoms with van der Waals surface area (Å²) in [4.78, 5) is 30.5. The Hall–Kier alpha value is -3.03. The smallest absolute Gasteiger partial charge is 0.316 e. The quantitative estimate of drug-likeness (QED) is 0.661. The van der Waals surface area contributed by atoms with E-state index in [1.54, 1.807) is 18.5 Å². The molecule has 1 aliphatic rings. The second-order valence-electron chi connectivity index (χ2n) is 5.90. The number of amides is 1. The van der Waals surface area contributed by atoms with Gasteiger partial charge in [0.15, 0.2) is 0 Å². The van der Waals surface area contributed by atoms with Crippen LogP contribution < -0.4 is 10.1 Å². The molecule has 2 aromatic rings. The van der Waals surface area contributed by atoms with E-state index in [1.807, 2.05) is 0 Å². The molecule has 0 atom stereocenters. The standard InChI is InChI=1S/C17H18N4O4/c22-16(12-2-6-14(7-3-12)21(23)24)20-13-4-8-15(9-5-13)25-17-18-10-1-11-19-17/h1-3,6-7,10-11,13,15H,4-5,8-9H2,(H,20,22). The van der Waals surface area contributed by atoms with E-state index in [1.165, 1.54) is 24.3 Å². The molecule has 8 heteroatoms. The molecule has 0 bridgehead atoms. The van der Waals surface area contributed by atoms with Gasteiger partial charge in [0.1, 0.15) is 6.10 Å². The minimum absolute atomic E-state index is 0.0302. The summed E-state index contributed by atoms with van der Waals surface area (Å²) < 4.78 is 5.73. The number of benzene rings is 1. The van der Waals surface area contributed by atoms with Gasteiger partial charge in [0.2, 0.25) is 0 Å². The van der Waals surface area contributed by atoms with Crippen LogP contribution >= 0.6 is 0 Å². The number of rotatable bonds is 5. The molecule has 25 heavy (non-hydrogen) atoms. The summed E-state index contributed by atoms with van der Waals surface area (Å²) in [5.41, 5.74) is 0.388. The molecular formula is C17H18N4O4. The number of aromatic nitrogens is 2. The molecule has 1 amide bonds. The zero-order chi connectivity index (χ0) is 17.6. The lowest BCUT2D eigenvalue weighted by atomic mass is 9.92. The highest BCUT2D eigenvalue weighted by Crippen LogP contribution is 2.22. The Balaban J connectivity index is 1.48. The van der Waals surface area contributed by atoms with Gasteiger partial charge in [0.05, 0.1) is 4.92 Å². The van der Waals surface area contributed by atoms with Crippen LogP contribution in [0.5, 0.6) is 6.01 Å². The SMILES string of the molecule is O=C(NC1CCC(Oc2ncccn2)CC1)c1ccc([N+](=O)[O-])cc1. The van der Waals surface area contributed by atoms with Gasteiger partial charge in [-0.1, -0.05) is 0 Å². The van der Waals surface area contributed by atoms with Gasteiger partial charge >= 0.3 is 6.01 Å². The van der Waals surface area contributed by atoms with Crippen LogP contribution in [0.2, 0.25) is 0 Å². The van der Waals surface area contributed by atoms with Crippen molar-refractivity contribution in [3.63, 3.8) is 0 Å². The second kappa shape index (κ2) is 7.69. The molecule has 1 aromatic carbocycles. The van der Waals surface area contributed by atoms with Crippen LogP contribution in [0, 0.1) is 10.1 Å². The van der Waals surface area contributed by atoms with Crippen molar-refractivity contribution < 1.29 is 14.5 Å². The second-order valence-corrected chi connectivity index (χ2v) is 5.90. The Bertz CT molecular complexity index is 728. The van der Waals surface area contributed by atoms with Crippen LogP contribution in [0.1, 0.15) is 36.0 Å². The number of carbonyl (C=O) groups is 1. The maximum Gasteiger partial charge on any atom is 0.316 e. The number of hydrogen-bond donors (Lipinski definition) is 1.